The number of benzene rings is 2. The topological polar surface area (TPSA) is 29.4 Å². The maximum absolute atomic E-state index is 12.9. The fraction of sp³-hybridized carbons (Fsp3) is 0.176. The predicted molar refractivity (Wildman–Crippen MR) is 86.2 cm³/mol. The molecule has 0 bridgehead atoms. The summed E-state index contributed by atoms with van der Waals surface area (Å²) in [5.41, 5.74) is 2.19. The largest absolute Gasteiger partial charge is 0.244 e. The molecule has 0 saturated carbocycles. The second-order valence-electron chi connectivity index (χ2n) is 4.68. The molecule has 0 aromatic heterocycles. The highest BCUT2D eigenvalue weighted by Crippen LogP contribution is 2.17. The predicted octanol–water partition coefficient (Wildman–Crippen LogP) is 4.25. The van der Waals surface area contributed by atoms with Gasteiger partial charge in [-0.05, 0) is 24.6 Å². The minimum Gasteiger partial charge on any atom is -0.244 e. The van der Waals surface area contributed by atoms with E-state index in [2.05, 4.69) is 10.4 Å². The Morgan fingerprint density at radius 3 is 2.15 bits per heavy atom. The van der Waals surface area contributed by atoms with Crippen molar-refractivity contribution in [2.75, 3.05) is 12.8 Å². The Balaban J connectivity index is 2.28. The van der Waals surface area contributed by atoms with Crippen LogP contribution in [0.5, 0.6) is 0 Å². The highest BCUT2D eigenvalue weighted by molar-refractivity contribution is 7.93. The van der Waals surface area contributed by atoms with Crippen LogP contribution in [0.3, 0.4) is 0 Å². The van der Waals surface area contributed by atoms with Gasteiger partial charge >= 0.3 is 0 Å². The SMILES string of the molecule is CN=S(=O)(C/C(C)=C/c1ccccc1)c1ccccc1. The summed E-state index contributed by atoms with van der Waals surface area (Å²) in [5.74, 6) is 0.461. The van der Waals surface area contributed by atoms with Crippen molar-refractivity contribution < 1.29 is 4.21 Å². The summed E-state index contributed by atoms with van der Waals surface area (Å²) in [5, 5.41) is 0. The van der Waals surface area contributed by atoms with E-state index in [1.165, 1.54) is 0 Å². The van der Waals surface area contributed by atoms with Crippen molar-refractivity contribution in [3.8, 4) is 0 Å². The summed E-state index contributed by atoms with van der Waals surface area (Å²) in [4.78, 5) is 0.795. The number of rotatable bonds is 4. The van der Waals surface area contributed by atoms with E-state index in [1.54, 1.807) is 7.05 Å². The Morgan fingerprint density at radius 1 is 1.05 bits per heavy atom. The molecular formula is C17H19NOS. The van der Waals surface area contributed by atoms with Crippen LogP contribution in [0.25, 0.3) is 6.08 Å². The minimum atomic E-state index is -2.37. The molecule has 104 valence electrons. The molecule has 0 aliphatic carbocycles. The zero-order valence-electron chi connectivity index (χ0n) is 11.8. The monoisotopic (exact) mass is 285 g/mol. The van der Waals surface area contributed by atoms with Crippen LogP contribution in [0.2, 0.25) is 0 Å². The Labute approximate surface area is 121 Å². The van der Waals surface area contributed by atoms with Gasteiger partial charge in [0.05, 0.1) is 15.5 Å². The third-order valence-electron chi connectivity index (χ3n) is 3.04. The molecule has 0 spiro atoms. The molecule has 2 aromatic rings. The third kappa shape index (κ3) is 3.58. The molecule has 0 radical (unpaired) electrons. The van der Waals surface area contributed by atoms with E-state index < -0.39 is 9.73 Å². The van der Waals surface area contributed by atoms with Gasteiger partial charge in [0.2, 0.25) is 0 Å². The van der Waals surface area contributed by atoms with Gasteiger partial charge in [0.25, 0.3) is 0 Å². The summed E-state index contributed by atoms with van der Waals surface area (Å²) in [6, 6.07) is 19.5. The number of hydrogen-bond acceptors (Lipinski definition) is 2. The summed E-state index contributed by atoms with van der Waals surface area (Å²) in [7, 11) is -0.738. The second kappa shape index (κ2) is 6.53. The Bertz CT molecular complexity index is 696. The zero-order valence-corrected chi connectivity index (χ0v) is 12.6. The van der Waals surface area contributed by atoms with Crippen molar-refractivity contribution in [2.45, 2.75) is 11.8 Å². The van der Waals surface area contributed by atoms with Gasteiger partial charge in [-0.25, -0.2) is 8.57 Å². The quantitative estimate of drug-likeness (QED) is 0.826. The molecule has 1 unspecified atom stereocenters. The van der Waals surface area contributed by atoms with Crippen LogP contribution in [-0.2, 0) is 9.73 Å². The van der Waals surface area contributed by atoms with Gasteiger partial charge in [0.15, 0.2) is 0 Å². The van der Waals surface area contributed by atoms with E-state index >= 15 is 0 Å². The normalized spacial score (nSPS) is 14.6. The zero-order chi connectivity index (χ0) is 14.4. The molecular weight excluding hydrogens is 266 g/mol. The Morgan fingerprint density at radius 2 is 1.60 bits per heavy atom. The molecule has 1 atom stereocenters. The summed E-state index contributed by atoms with van der Waals surface area (Å²) in [6.45, 7) is 2.00. The molecule has 3 heteroatoms. The highest BCUT2D eigenvalue weighted by Gasteiger charge is 2.11. The Hall–Kier alpha value is -1.87. The maximum atomic E-state index is 12.9. The lowest BCUT2D eigenvalue weighted by Gasteiger charge is -2.10. The van der Waals surface area contributed by atoms with Crippen LogP contribution in [0.4, 0.5) is 0 Å². The molecule has 2 aromatic carbocycles. The first kappa shape index (κ1) is 14.5. The molecule has 20 heavy (non-hydrogen) atoms. The van der Waals surface area contributed by atoms with Crippen LogP contribution in [0, 0.1) is 0 Å². The van der Waals surface area contributed by atoms with E-state index in [1.807, 2.05) is 67.6 Å². The molecule has 2 rings (SSSR count). The van der Waals surface area contributed by atoms with E-state index in [9.17, 15) is 4.21 Å². The fourth-order valence-electron chi connectivity index (χ4n) is 2.07. The van der Waals surface area contributed by atoms with Crippen LogP contribution < -0.4 is 0 Å². The van der Waals surface area contributed by atoms with Gasteiger partial charge in [-0.3, -0.25) is 0 Å². The minimum absolute atomic E-state index is 0.461. The van der Waals surface area contributed by atoms with Crippen molar-refractivity contribution in [3.05, 3.63) is 71.8 Å². The number of hydrogen-bond donors (Lipinski definition) is 0. The molecule has 0 N–H and O–H groups in total. The van der Waals surface area contributed by atoms with Crippen molar-refractivity contribution in [1.82, 2.24) is 0 Å². The summed E-state index contributed by atoms with van der Waals surface area (Å²) < 4.78 is 17.1. The van der Waals surface area contributed by atoms with Crippen molar-refractivity contribution >= 4 is 15.8 Å². The molecule has 0 amide bonds. The molecule has 0 aliphatic heterocycles. The lowest BCUT2D eigenvalue weighted by molar-refractivity contribution is 0.677. The molecule has 0 aliphatic rings. The van der Waals surface area contributed by atoms with Crippen LogP contribution in [0.15, 0.2) is 75.5 Å². The van der Waals surface area contributed by atoms with Crippen molar-refractivity contribution in [2.24, 2.45) is 4.36 Å². The molecule has 0 fully saturated rings. The average Bonchev–Trinajstić information content (AvgIpc) is 2.49. The second-order valence-corrected chi connectivity index (χ2v) is 7.09. The lowest BCUT2D eigenvalue weighted by atomic mass is 10.1. The molecule has 0 heterocycles. The fourth-order valence-corrected chi connectivity index (χ4v) is 3.86. The van der Waals surface area contributed by atoms with Gasteiger partial charge in [0, 0.05) is 11.9 Å². The summed E-state index contributed by atoms with van der Waals surface area (Å²) >= 11 is 0. The average molecular weight is 285 g/mol. The van der Waals surface area contributed by atoms with Gasteiger partial charge in [-0.2, -0.15) is 0 Å². The van der Waals surface area contributed by atoms with Gasteiger partial charge in [-0.15, -0.1) is 0 Å². The van der Waals surface area contributed by atoms with Crippen molar-refractivity contribution in [1.29, 1.82) is 0 Å². The number of nitrogens with zero attached hydrogens (tertiary/aromatic N) is 1. The van der Waals surface area contributed by atoms with Gasteiger partial charge < -0.3 is 0 Å². The maximum Gasteiger partial charge on any atom is 0.0788 e. The molecule has 2 nitrogen and oxygen atoms in total. The van der Waals surface area contributed by atoms with Crippen LogP contribution in [0.1, 0.15) is 12.5 Å². The van der Waals surface area contributed by atoms with E-state index in [0.717, 1.165) is 16.0 Å². The third-order valence-corrected chi connectivity index (χ3v) is 5.49. The highest BCUT2D eigenvalue weighted by atomic mass is 32.2. The van der Waals surface area contributed by atoms with E-state index in [-0.39, 0.29) is 0 Å². The van der Waals surface area contributed by atoms with Crippen molar-refractivity contribution in [3.63, 3.8) is 0 Å². The smallest absolute Gasteiger partial charge is 0.0788 e. The first-order valence-electron chi connectivity index (χ1n) is 6.54. The molecule has 0 saturated heterocycles. The van der Waals surface area contributed by atoms with E-state index in [0.29, 0.717) is 5.75 Å². The van der Waals surface area contributed by atoms with E-state index in [4.69, 9.17) is 0 Å². The van der Waals surface area contributed by atoms with Crippen LogP contribution in [-0.4, -0.2) is 17.0 Å². The van der Waals surface area contributed by atoms with Crippen LogP contribution >= 0.6 is 0 Å². The summed E-state index contributed by atoms with van der Waals surface area (Å²) in [6.07, 6.45) is 2.06. The Kier molecular flexibility index (Phi) is 4.74. The first-order chi connectivity index (χ1) is 9.64. The standard InChI is InChI=1S/C17H19NOS/c1-15(13-16-9-5-3-6-10-16)14-20(19,18-2)17-11-7-4-8-12-17/h3-13H,14H2,1-2H3/b15-13+. The lowest BCUT2D eigenvalue weighted by Crippen LogP contribution is -2.07. The first-order valence-corrected chi connectivity index (χ1v) is 8.23. The van der Waals surface area contributed by atoms with Gasteiger partial charge in [0.1, 0.15) is 0 Å². The van der Waals surface area contributed by atoms with Gasteiger partial charge in [-0.1, -0.05) is 60.2 Å².